The van der Waals surface area contributed by atoms with Crippen molar-refractivity contribution in [3.8, 4) is 23.0 Å². The van der Waals surface area contributed by atoms with Gasteiger partial charge in [0, 0.05) is 23.3 Å². The third kappa shape index (κ3) is 4.56. The summed E-state index contributed by atoms with van der Waals surface area (Å²) < 4.78 is 22.1. The second kappa shape index (κ2) is 8.90. The van der Waals surface area contributed by atoms with Crippen LogP contribution in [0.3, 0.4) is 0 Å². The molecule has 0 spiro atoms. The Morgan fingerprint density at radius 3 is 2.30 bits per heavy atom. The minimum Gasteiger partial charge on any atom is -0.493 e. The fourth-order valence-electron chi connectivity index (χ4n) is 3.04. The van der Waals surface area contributed by atoms with Crippen LogP contribution < -0.4 is 19.5 Å². The van der Waals surface area contributed by atoms with Gasteiger partial charge in [0.1, 0.15) is 11.5 Å². The third-order valence-electron chi connectivity index (χ3n) is 4.53. The van der Waals surface area contributed by atoms with Crippen LogP contribution in [0.1, 0.15) is 25.0 Å². The van der Waals surface area contributed by atoms with Crippen LogP contribution in [-0.4, -0.2) is 31.4 Å². The quantitative estimate of drug-likeness (QED) is 0.568. The largest absolute Gasteiger partial charge is 0.493 e. The summed E-state index contributed by atoms with van der Waals surface area (Å²) in [6, 6.07) is 9.20. The highest BCUT2D eigenvalue weighted by atomic mass is 16.6. The van der Waals surface area contributed by atoms with Gasteiger partial charge in [0.2, 0.25) is 0 Å². The van der Waals surface area contributed by atoms with E-state index in [1.165, 1.54) is 0 Å². The molecule has 3 aromatic rings. The highest BCUT2D eigenvalue weighted by molar-refractivity contribution is 5.89. The molecular weight excluding hydrogens is 384 g/mol. The van der Waals surface area contributed by atoms with E-state index in [9.17, 15) is 4.79 Å². The summed E-state index contributed by atoms with van der Waals surface area (Å²) in [4.78, 5) is 16.3. The summed E-state index contributed by atoms with van der Waals surface area (Å²) in [5.74, 6) is 2.52. The number of methoxy groups -OCH3 is 2. The standard InChI is InChI=1S/C23H26N2O5/c1-13(2)29-23(26)25-17-9-15(4)20(10-14(17)3)30-19-7-8-24-18-12-22(28-6)21(27-5)11-16(18)19/h7-13H,1-6H3,(H,25,26). The predicted molar refractivity (Wildman–Crippen MR) is 116 cm³/mol. The number of nitrogens with one attached hydrogen (secondary N) is 1. The number of nitrogens with zero attached hydrogens (tertiary/aromatic N) is 1. The highest BCUT2D eigenvalue weighted by Gasteiger charge is 2.14. The topological polar surface area (TPSA) is 78.9 Å². The Morgan fingerprint density at radius 1 is 0.933 bits per heavy atom. The average Bonchev–Trinajstić information content (AvgIpc) is 2.70. The first kappa shape index (κ1) is 21.2. The van der Waals surface area contributed by atoms with Crippen molar-refractivity contribution >= 4 is 22.7 Å². The molecule has 0 bridgehead atoms. The molecular formula is C23H26N2O5. The minimum atomic E-state index is -0.484. The molecule has 0 aliphatic rings. The first-order chi connectivity index (χ1) is 14.3. The number of carbonyl (C=O) groups excluding carboxylic acids is 1. The number of carbonyl (C=O) groups is 1. The molecule has 7 nitrogen and oxygen atoms in total. The molecule has 158 valence electrons. The van der Waals surface area contributed by atoms with Crippen LogP contribution in [0, 0.1) is 13.8 Å². The number of benzene rings is 2. The van der Waals surface area contributed by atoms with Crippen molar-refractivity contribution in [2.24, 2.45) is 0 Å². The molecule has 0 saturated carbocycles. The first-order valence-electron chi connectivity index (χ1n) is 9.59. The van der Waals surface area contributed by atoms with Crippen molar-refractivity contribution in [2.45, 2.75) is 33.8 Å². The molecule has 30 heavy (non-hydrogen) atoms. The van der Waals surface area contributed by atoms with Crippen LogP contribution in [0.15, 0.2) is 36.5 Å². The van der Waals surface area contributed by atoms with Crippen LogP contribution >= 0.6 is 0 Å². The number of rotatable bonds is 6. The number of pyridine rings is 1. The van der Waals surface area contributed by atoms with E-state index in [-0.39, 0.29) is 6.10 Å². The van der Waals surface area contributed by atoms with Gasteiger partial charge in [-0.05, 0) is 63.1 Å². The second-order valence-corrected chi connectivity index (χ2v) is 7.15. The van der Waals surface area contributed by atoms with Crippen molar-refractivity contribution in [1.29, 1.82) is 0 Å². The molecule has 7 heteroatoms. The monoisotopic (exact) mass is 410 g/mol. The van der Waals surface area contributed by atoms with Crippen LogP contribution in [0.4, 0.5) is 10.5 Å². The number of hydrogen-bond acceptors (Lipinski definition) is 6. The van der Waals surface area contributed by atoms with E-state index in [0.29, 0.717) is 28.7 Å². The molecule has 3 rings (SSSR count). The van der Waals surface area contributed by atoms with Crippen LogP contribution in [0.2, 0.25) is 0 Å². The van der Waals surface area contributed by atoms with Crippen molar-refractivity contribution < 1.29 is 23.7 Å². The predicted octanol–water partition coefficient (Wildman–Crippen LogP) is 5.62. The lowest BCUT2D eigenvalue weighted by Crippen LogP contribution is -2.18. The van der Waals surface area contributed by atoms with Crippen molar-refractivity contribution in [1.82, 2.24) is 4.98 Å². The highest BCUT2D eigenvalue weighted by Crippen LogP contribution is 2.38. The summed E-state index contributed by atoms with van der Waals surface area (Å²) in [6.07, 6.45) is 1.01. The van der Waals surface area contributed by atoms with Gasteiger partial charge in [-0.1, -0.05) is 0 Å². The van der Waals surface area contributed by atoms with Gasteiger partial charge in [-0.2, -0.15) is 0 Å². The molecule has 1 N–H and O–H groups in total. The summed E-state index contributed by atoms with van der Waals surface area (Å²) in [7, 11) is 3.17. The molecule has 1 heterocycles. The zero-order valence-electron chi connectivity index (χ0n) is 18.0. The lowest BCUT2D eigenvalue weighted by Gasteiger charge is -2.16. The molecule has 0 saturated heterocycles. The Labute approximate surface area is 175 Å². The van der Waals surface area contributed by atoms with Gasteiger partial charge in [-0.3, -0.25) is 10.3 Å². The molecule has 0 aliphatic heterocycles. The van der Waals surface area contributed by atoms with Crippen molar-refractivity contribution in [3.05, 3.63) is 47.7 Å². The Morgan fingerprint density at radius 2 is 1.63 bits per heavy atom. The fraction of sp³-hybridized carbons (Fsp3) is 0.304. The zero-order chi connectivity index (χ0) is 21.8. The number of amides is 1. The van der Waals surface area contributed by atoms with Gasteiger partial charge in [0.05, 0.1) is 25.8 Å². The van der Waals surface area contributed by atoms with Gasteiger partial charge >= 0.3 is 6.09 Å². The lowest BCUT2D eigenvalue weighted by molar-refractivity contribution is 0.130. The Bertz CT molecular complexity index is 1080. The molecule has 0 aliphatic carbocycles. The van der Waals surface area contributed by atoms with E-state index < -0.39 is 6.09 Å². The van der Waals surface area contributed by atoms with Crippen molar-refractivity contribution in [2.75, 3.05) is 19.5 Å². The smallest absolute Gasteiger partial charge is 0.411 e. The summed E-state index contributed by atoms with van der Waals surface area (Å²) in [5, 5.41) is 3.57. The van der Waals surface area contributed by atoms with E-state index in [1.807, 2.05) is 38.1 Å². The van der Waals surface area contributed by atoms with E-state index in [2.05, 4.69) is 10.3 Å². The number of ether oxygens (including phenoxy) is 4. The fourth-order valence-corrected chi connectivity index (χ4v) is 3.04. The average molecular weight is 410 g/mol. The number of fused-ring (bicyclic) bond motifs is 1. The molecule has 0 radical (unpaired) electrons. The molecule has 2 aromatic carbocycles. The SMILES string of the molecule is COc1cc2nccc(Oc3cc(C)c(NC(=O)OC(C)C)cc3C)c2cc1OC. The lowest BCUT2D eigenvalue weighted by atomic mass is 10.1. The number of hydrogen-bond donors (Lipinski definition) is 1. The van der Waals surface area contributed by atoms with E-state index in [4.69, 9.17) is 18.9 Å². The Balaban J connectivity index is 1.93. The van der Waals surface area contributed by atoms with Gasteiger partial charge in [-0.25, -0.2) is 4.79 Å². The minimum absolute atomic E-state index is 0.190. The van der Waals surface area contributed by atoms with Gasteiger partial charge in [-0.15, -0.1) is 0 Å². The molecule has 0 unspecified atom stereocenters. The van der Waals surface area contributed by atoms with Gasteiger partial charge in [0.15, 0.2) is 11.5 Å². The summed E-state index contributed by atoms with van der Waals surface area (Å²) >= 11 is 0. The second-order valence-electron chi connectivity index (χ2n) is 7.15. The van der Waals surface area contributed by atoms with Crippen molar-refractivity contribution in [3.63, 3.8) is 0 Å². The Kier molecular flexibility index (Phi) is 6.30. The maximum atomic E-state index is 11.9. The molecule has 0 fully saturated rings. The van der Waals surface area contributed by atoms with Crippen LogP contribution in [-0.2, 0) is 4.74 Å². The van der Waals surface area contributed by atoms with E-state index in [0.717, 1.165) is 22.0 Å². The maximum Gasteiger partial charge on any atom is 0.411 e. The Hall–Kier alpha value is -3.48. The van der Waals surface area contributed by atoms with E-state index >= 15 is 0 Å². The summed E-state index contributed by atoms with van der Waals surface area (Å²) in [5.41, 5.74) is 3.13. The first-order valence-corrected chi connectivity index (χ1v) is 9.59. The van der Waals surface area contributed by atoms with E-state index in [1.54, 1.807) is 40.3 Å². The number of aromatic nitrogens is 1. The third-order valence-corrected chi connectivity index (χ3v) is 4.53. The zero-order valence-corrected chi connectivity index (χ0v) is 18.0. The molecule has 1 amide bonds. The number of anilines is 1. The van der Waals surface area contributed by atoms with Gasteiger partial charge < -0.3 is 18.9 Å². The number of aryl methyl sites for hydroxylation is 2. The van der Waals surface area contributed by atoms with Gasteiger partial charge in [0.25, 0.3) is 0 Å². The normalized spacial score (nSPS) is 10.8. The summed E-state index contributed by atoms with van der Waals surface area (Å²) in [6.45, 7) is 7.42. The molecule has 1 aromatic heterocycles. The van der Waals surface area contributed by atoms with Crippen LogP contribution in [0.5, 0.6) is 23.0 Å². The molecule has 0 atom stereocenters. The van der Waals surface area contributed by atoms with Crippen LogP contribution in [0.25, 0.3) is 10.9 Å². The maximum absolute atomic E-state index is 11.9.